The smallest absolute Gasteiger partial charge is 0.328 e. The Kier molecular flexibility index (Phi) is 6.83. The molecule has 26 heavy (non-hydrogen) atoms. The number of nitrogens with one attached hydrogen (secondary N) is 2. The van der Waals surface area contributed by atoms with Gasteiger partial charge in [-0.2, -0.15) is 0 Å². The van der Waals surface area contributed by atoms with Crippen molar-refractivity contribution in [3.05, 3.63) is 24.2 Å². The van der Waals surface area contributed by atoms with Crippen molar-refractivity contribution in [2.45, 2.75) is 64.5 Å². The Morgan fingerprint density at radius 1 is 1.23 bits per heavy atom. The number of esters is 1. The van der Waals surface area contributed by atoms with Gasteiger partial charge in [-0.15, -0.1) is 0 Å². The van der Waals surface area contributed by atoms with Gasteiger partial charge in [0.25, 0.3) is 5.91 Å². The molecule has 7 nitrogen and oxygen atoms in total. The second-order valence-corrected chi connectivity index (χ2v) is 7.02. The summed E-state index contributed by atoms with van der Waals surface area (Å²) < 4.78 is 10.2. The van der Waals surface area contributed by atoms with E-state index in [4.69, 9.17) is 9.15 Å². The quantitative estimate of drug-likeness (QED) is 0.724. The Morgan fingerprint density at radius 2 is 1.92 bits per heavy atom. The summed E-state index contributed by atoms with van der Waals surface area (Å²) in [5, 5.41) is 5.66. The maximum absolute atomic E-state index is 13.1. The normalized spacial score (nSPS) is 17.4. The first kappa shape index (κ1) is 20.0. The molecule has 0 spiro atoms. The lowest BCUT2D eigenvalue weighted by Gasteiger charge is -2.37. The van der Waals surface area contributed by atoms with E-state index < -0.39 is 23.5 Å². The van der Waals surface area contributed by atoms with Crippen molar-refractivity contribution in [1.29, 1.82) is 0 Å². The number of hydrogen-bond acceptors (Lipinski definition) is 5. The van der Waals surface area contributed by atoms with Crippen molar-refractivity contribution < 1.29 is 23.5 Å². The van der Waals surface area contributed by atoms with Gasteiger partial charge in [-0.05, 0) is 37.8 Å². The second kappa shape index (κ2) is 8.87. The maximum Gasteiger partial charge on any atom is 0.328 e. The zero-order valence-corrected chi connectivity index (χ0v) is 15.7. The molecule has 144 valence electrons. The minimum absolute atomic E-state index is 0.126. The monoisotopic (exact) mass is 364 g/mol. The van der Waals surface area contributed by atoms with E-state index in [2.05, 4.69) is 10.6 Å². The third kappa shape index (κ3) is 4.65. The Hall–Kier alpha value is -2.31. The molecule has 2 amide bonds. The molecule has 0 aromatic carbocycles. The third-order valence-corrected chi connectivity index (χ3v) is 4.73. The topological polar surface area (TPSA) is 97.6 Å². The van der Waals surface area contributed by atoms with Crippen LogP contribution in [-0.4, -0.2) is 36.0 Å². The zero-order chi connectivity index (χ0) is 19.2. The van der Waals surface area contributed by atoms with Crippen LogP contribution >= 0.6 is 0 Å². The standard InChI is InChI=1S/C19H28N2O5/c1-4-25-17(23)15(13(2)3)20-18(24)19(10-6-5-7-11-19)21-16(22)14-9-8-12-26-14/h8-9,12-13,15H,4-7,10-11H2,1-3H3,(H,20,24)(H,21,22). The molecule has 1 aliphatic rings. The SMILES string of the molecule is CCOC(=O)C(NC(=O)C1(NC(=O)c2ccco2)CCCCC1)C(C)C. The number of carbonyl (C=O) groups excluding carboxylic acids is 3. The van der Waals surface area contributed by atoms with Gasteiger partial charge < -0.3 is 19.8 Å². The fourth-order valence-corrected chi connectivity index (χ4v) is 3.26. The van der Waals surface area contributed by atoms with Gasteiger partial charge in [-0.25, -0.2) is 4.79 Å². The minimum Gasteiger partial charge on any atom is -0.464 e. The molecule has 7 heteroatoms. The molecule has 1 unspecified atom stereocenters. The van der Waals surface area contributed by atoms with Crippen LogP contribution in [0.1, 0.15) is 63.4 Å². The predicted molar refractivity (Wildman–Crippen MR) is 95.4 cm³/mol. The highest BCUT2D eigenvalue weighted by molar-refractivity contribution is 5.98. The summed E-state index contributed by atoms with van der Waals surface area (Å²) in [6.45, 7) is 5.66. The van der Waals surface area contributed by atoms with Crippen molar-refractivity contribution in [2.24, 2.45) is 5.92 Å². The number of rotatable bonds is 7. The highest BCUT2D eigenvalue weighted by Gasteiger charge is 2.43. The Bertz CT molecular complexity index is 618. The molecule has 0 aliphatic heterocycles. The van der Waals surface area contributed by atoms with Crippen LogP contribution in [0.4, 0.5) is 0 Å². The second-order valence-electron chi connectivity index (χ2n) is 7.02. The van der Waals surface area contributed by atoms with Crippen molar-refractivity contribution >= 4 is 17.8 Å². The molecule has 0 saturated heterocycles. The molecule has 0 radical (unpaired) electrons. The van der Waals surface area contributed by atoms with E-state index >= 15 is 0 Å². The van der Waals surface area contributed by atoms with Crippen LogP contribution in [0, 0.1) is 5.92 Å². The summed E-state index contributed by atoms with van der Waals surface area (Å²) >= 11 is 0. The van der Waals surface area contributed by atoms with E-state index in [-0.39, 0.29) is 24.2 Å². The summed E-state index contributed by atoms with van der Waals surface area (Å²) in [5.74, 6) is -1.19. The Balaban J connectivity index is 2.17. The zero-order valence-electron chi connectivity index (χ0n) is 15.7. The van der Waals surface area contributed by atoms with Crippen molar-refractivity contribution in [1.82, 2.24) is 10.6 Å². The first-order chi connectivity index (χ1) is 12.4. The Morgan fingerprint density at radius 3 is 2.46 bits per heavy atom. The predicted octanol–water partition coefficient (Wildman–Crippen LogP) is 2.42. The number of amides is 2. The number of furan rings is 1. The first-order valence-electron chi connectivity index (χ1n) is 9.23. The highest BCUT2D eigenvalue weighted by atomic mass is 16.5. The Labute approximate surface area is 153 Å². The summed E-state index contributed by atoms with van der Waals surface area (Å²) in [7, 11) is 0. The minimum atomic E-state index is -1.04. The lowest BCUT2D eigenvalue weighted by molar-refractivity contribution is -0.149. The van der Waals surface area contributed by atoms with Crippen LogP contribution in [0.2, 0.25) is 0 Å². The molecular formula is C19H28N2O5. The number of carbonyl (C=O) groups is 3. The lowest BCUT2D eigenvalue weighted by atomic mass is 9.80. The molecule has 1 heterocycles. The van der Waals surface area contributed by atoms with Crippen LogP contribution in [0.15, 0.2) is 22.8 Å². The molecule has 2 rings (SSSR count). The van der Waals surface area contributed by atoms with Crippen LogP contribution in [0.5, 0.6) is 0 Å². The van der Waals surface area contributed by atoms with Gasteiger partial charge in [0.15, 0.2) is 5.76 Å². The van der Waals surface area contributed by atoms with Gasteiger partial charge in [-0.1, -0.05) is 33.1 Å². The molecule has 1 aliphatic carbocycles. The van der Waals surface area contributed by atoms with Gasteiger partial charge in [0, 0.05) is 0 Å². The van der Waals surface area contributed by atoms with Gasteiger partial charge >= 0.3 is 5.97 Å². The van der Waals surface area contributed by atoms with Gasteiger partial charge in [0.05, 0.1) is 12.9 Å². The van der Waals surface area contributed by atoms with E-state index in [9.17, 15) is 14.4 Å². The van der Waals surface area contributed by atoms with E-state index in [1.807, 2.05) is 13.8 Å². The maximum atomic E-state index is 13.1. The van der Waals surface area contributed by atoms with Crippen molar-refractivity contribution in [2.75, 3.05) is 6.61 Å². The van der Waals surface area contributed by atoms with Crippen LogP contribution in [0.25, 0.3) is 0 Å². The molecule has 1 aromatic rings. The first-order valence-corrected chi connectivity index (χ1v) is 9.23. The summed E-state index contributed by atoms with van der Waals surface area (Å²) in [6.07, 6.45) is 5.14. The fraction of sp³-hybridized carbons (Fsp3) is 0.632. The third-order valence-electron chi connectivity index (χ3n) is 4.73. The largest absolute Gasteiger partial charge is 0.464 e. The summed E-state index contributed by atoms with van der Waals surface area (Å²) in [5.41, 5.74) is -1.04. The van der Waals surface area contributed by atoms with Crippen molar-refractivity contribution in [3.8, 4) is 0 Å². The van der Waals surface area contributed by atoms with Gasteiger partial charge in [0.1, 0.15) is 11.6 Å². The van der Waals surface area contributed by atoms with E-state index in [1.54, 1.807) is 19.1 Å². The van der Waals surface area contributed by atoms with Gasteiger partial charge in [0.2, 0.25) is 5.91 Å². The summed E-state index contributed by atoms with van der Waals surface area (Å²) in [6, 6.07) is 2.43. The molecule has 1 atom stereocenters. The number of ether oxygens (including phenoxy) is 1. The van der Waals surface area contributed by atoms with Crippen LogP contribution in [0.3, 0.4) is 0 Å². The van der Waals surface area contributed by atoms with Crippen LogP contribution in [-0.2, 0) is 14.3 Å². The summed E-state index contributed by atoms with van der Waals surface area (Å²) in [4.78, 5) is 37.7. The van der Waals surface area contributed by atoms with E-state index in [0.29, 0.717) is 12.8 Å². The average Bonchev–Trinajstić information content (AvgIpc) is 3.15. The fourth-order valence-electron chi connectivity index (χ4n) is 3.26. The van der Waals surface area contributed by atoms with E-state index in [1.165, 1.54) is 6.26 Å². The van der Waals surface area contributed by atoms with Gasteiger partial charge in [-0.3, -0.25) is 9.59 Å². The molecule has 2 N–H and O–H groups in total. The van der Waals surface area contributed by atoms with Crippen LogP contribution < -0.4 is 10.6 Å². The average molecular weight is 364 g/mol. The molecule has 1 aromatic heterocycles. The molecule has 1 saturated carbocycles. The van der Waals surface area contributed by atoms with E-state index in [0.717, 1.165) is 19.3 Å². The number of hydrogen-bond donors (Lipinski definition) is 2. The highest BCUT2D eigenvalue weighted by Crippen LogP contribution is 2.29. The molecule has 1 fully saturated rings. The van der Waals surface area contributed by atoms with Crippen molar-refractivity contribution in [3.63, 3.8) is 0 Å². The lowest BCUT2D eigenvalue weighted by Crippen LogP contribution is -2.62. The molecular weight excluding hydrogens is 336 g/mol. The molecule has 0 bridgehead atoms.